The molecule has 0 bridgehead atoms. The number of hydrogen-bond donors (Lipinski definition) is 2. The number of hydrogen-bond acceptors (Lipinski definition) is 4. The summed E-state index contributed by atoms with van der Waals surface area (Å²) in [5.74, 6) is 0.138. The number of piperidine rings is 1. The van der Waals surface area contributed by atoms with Gasteiger partial charge in [-0.1, -0.05) is 6.07 Å². The lowest BCUT2D eigenvalue weighted by Crippen LogP contribution is -2.35. The smallest absolute Gasteiger partial charge is 0.319 e. The highest BCUT2D eigenvalue weighted by molar-refractivity contribution is 5.97. The van der Waals surface area contributed by atoms with Crippen LogP contribution < -0.4 is 15.5 Å². The maximum absolute atomic E-state index is 12.1. The minimum absolute atomic E-state index is 0.138. The molecule has 3 rings (SSSR count). The summed E-state index contributed by atoms with van der Waals surface area (Å²) in [5, 5.41) is 5.71. The maximum Gasteiger partial charge on any atom is 0.319 e. The van der Waals surface area contributed by atoms with E-state index in [1.165, 1.54) is 0 Å². The van der Waals surface area contributed by atoms with Crippen LogP contribution in [0.2, 0.25) is 0 Å². The molecule has 1 aromatic carbocycles. The van der Waals surface area contributed by atoms with Crippen molar-refractivity contribution in [2.45, 2.75) is 51.2 Å². The lowest BCUT2D eigenvalue weighted by Gasteiger charge is -2.28. The third-order valence-electron chi connectivity index (χ3n) is 5.49. The summed E-state index contributed by atoms with van der Waals surface area (Å²) in [6, 6.07) is 7.40. The van der Waals surface area contributed by atoms with E-state index in [0.717, 1.165) is 44.5 Å². The van der Waals surface area contributed by atoms with Crippen LogP contribution >= 0.6 is 0 Å². The Labute approximate surface area is 167 Å². The zero-order valence-corrected chi connectivity index (χ0v) is 16.9. The molecule has 28 heavy (non-hydrogen) atoms. The Kier molecular flexibility index (Phi) is 7.28. The minimum Gasteiger partial charge on any atom is -0.378 e. The highest BCUT2D eigenvalue weighted by Crippen LogP contribution is 2.28. The number of carbonyl (C=O) groups is 2. The average Bonchev–Trinajstić information content (AvgIpc) is 3.01. The highest BCUT2D eigenvalue weighted by atomic mass is 16.5. The van der Waals surface area contributed by atoms with Crippen molar-refractivity contribution >= 4 is 23.3 Å². The largest absolute Gasteiger partial charge is 0.378 e. The van der Waals surface area contributed by atoms with Crippen molar-refractivity contribution in [2.24, 2.45) is 0 Å². The fourth-order valence-electron chi connectivity index (χ4n) is 3.81. The van der Waals surface area contributed by atoms with Crippen LogP contribution in [0.25, 0.3) is 0 Å². The first-order chi connectivity index (χ1) is 13.5. The molecule has 0 radical (unpaired) electrons. The van der Waals surface area contributed by atoms with Crippen LogP contribution in [-0.4, -0.2) is 62.3 Å². The van der Waals surface area contributed by atoms with Crippen LogP contribution in [0.1, 0.15) is 39.0 Å². The Morgan fingerprint density at radius 3 is 2.75 bits per heavy atom. The molecule has 7 heteroatoms. The standard InChI is InChI=1S/C21H32N4O3/c1-16-7-8-20(26)25(16)18-6-3-5-17(15-18)23-21(27)22-11-4-14-28-19-9-12-24(2)13-10-19/h3,5-6,15-16,19H,4,7-14H2,1-2H3,(H2,22,23,27)/t16-/m1/s1. The fourth-order valence-corrected chi connectivity index (χ4v) is 3.81. The zero-order valence-electron chi connectivity index (χ0n) is 16.9. The third kappa shape index (κ3) is 5.69. The second-order valence-corrected chi connectivity index (χ2v) is 7.81. The molecule has 2 aliphatic rings. The first-order valence-corrected chi connectivity index (χ1v) is 10.3. The van der Waals surface area contributed by atoms with Gasteiger partial charge >= 0.3 is 6.03 Å². The van der Waals surface area contributed by atoms with Gasteiger partial charge < -0.3 is 25.2 Å². The number of amides is 3. The van der Waals surface area contributed by atoms with Crippen LogP contribution in [0.3, 0.4) is 0 Å². The van der Waals surface area contributed by atoms with Crippen molar-refractivity contribution in [3.63, 3.8) is 0 Å². The van der Waals surface area contributed by atoms with Gasteiger partial charge in [-0.15, -0.1) is 0 Å². The summed E-state index contributed by atoms with van der Waals surface area (Å²) in [6.45, 7) is 5.46. The Balaban J connectivity index is 1.37. The molecular weight excluding hydrogens is 356 g/mol. The van der Waals surface area contributed by atoms with Crippen LogP contribution in [0.15, 0.2) is 24.3 Å². The molecule has 0 saturated carbocycles. The van der Waals surface area contributed by atoms with Crippen molar-refractivity contribution in [2.75, 3.05) is 43.5 Å². The maximum atomic E-state index is 12.1. The van der Waals surface area contributed by atoms with Crippen molar-refractivity contribution in [1.29, 1.82) is 0 Å². The first kappa shape index (κ1) is 20.6. The van der Waals surface area contributed by atoms with Crippen molar-refractivity contribution in [3.8, 4) is 0 Å². The van der Waals surface area contributed by atoms with E-state index >= 15 is 0 Å². The lowest BCUT2D eigenvalue weighted by molar-refractivity contribution is -0.117. The second-order valence-electron chi connectivity index (χ2n) is 7.81. The van der Waals surface area contributed by atoms with E-state index in [1.54, 1.807) is 0 Å². The number of anilines is 2. The molecular formula is C21H32N4O3. The number of urea groups is 1. The van der Waals surface area contributed by atoms with Gasteiger partial charge in [-0.3, -0.25) is 4.79 Å². The molecule has 2 N–H and O–H groups in total. The molecule has 2 fully saturated rings. The van der Waals surface area contributed by atoms with Gasteiger partial charge in [0.1, 0.15) is 0 Å². The van der Waals surface area contributed by atoms with Gasteiger partial charge in [-0.05, 0) is 57.9 Å². The van der Waals surface area contributed by atoms with E-state index < -0.39 is 0 Å². The SMILES string of the molecule is C[C@@H]1CCC(=O)N1c1cccc(NC(=O)NCCCOC2CCN(C)CC2)c1. The lowest BCUT2D eigenvalue weighted by atomic mass is 10.1. The number of benzene rings is 1. The number of nitrogens with one attached hydrogen (secondary N) is 2. The van der Waals surface area contributed by atoms with Gasteiger partial charge in [0.25, 0.3) is 0 Å². The first-order valence-electron chi connectivity index (χ1n) is 10.3. The van der Waals surface area contributed by atoms with Gasteiger partial charge in [-0.25, -0.2) is 4.79 Å². The van der Waals surface area contributed by atoms with Crippen molar-refractivity contribution in [3.05, 3.63) is 24.3 Å². The van der Waals surface area contributed by atoms with Crippen molar-refractivity contribution in [1.82, 2.24) is 10.2 Å². The minimum atomic E-state index is -0.239. The van der Waals surface area contributed by atoms with E-state index in [4.69, 9.17) is 4.74 Å². The van der Waals surface area contributed by atoms with Gasteiger partial charge in [0.15, 0.2) is 0 Å². The molecule has 2 heterocycles. The van der Waals surface area contributed by atoms with Crippen LogP contribution in [0.5, 0.6) is 0 Å². The molecule has 7 nitrogen and oxygen atoms in total. The van der Waals surface area contributed by atoms with E-state index in [9.17, 15) is 9.59 Å². The molecule has 0 unspecified atom stereocenters. The van der Waals surface area contributed by atoms with E-state index in [-0.39, 0.29) is 18.0 Å². The molecule has 3 amide bonds. The summed E-state index contributed by atoms with van der Waals surface area (Å²) in [7, 11) is 2.14. The predicted molar refractivity (Wildman–Crippen MR) is 111 cm³/mol. The number of ether oxygens (including phenoxy) is 1. The number of rotatable bonds is 7. The van der Waals surface area contributed by atoms with Gasteiger partial charge in [0, 0.05) is 50.1 Å². The Hall–Kier alpha value is -2.12. The molecule has 0 aliphatic carbocycles. The summed E-state index contributed by atoms with van der Waals surface area (Å²) < 4.78 is 5.89. The van der Waals surface area contributed by atoms with Crippen LogP contribution in [0.4, 0.5) is 16.2 Å². The number of likely N-dealkylation sites (tertiary alicyclic amines) is 1. The highest BCUT2D eigenvalue weighted by Gasteiger charge is 2.28. The molecule has 1 aromatic rings. The molecule has 2 saturated heterocycles. The predicted octanol–water partition coefficient (Wildman–Crippen LogP) is 2.82. The number of carbonyl (C=O) groups excluding carboxylic acids is 2. The van der Waals surface area contributed by atoms with E-state index in [2.05, 4.69) is 22.6 Å². The fraction of sp³-hybridized carbons (Fsp3) is 0.619. The quantitative estimate of drug-likeness (QED) is 0.705. The van der Waals surface area contributed by atoms with Crippen molar-refractivity contribution < 1.29 is 14.3 Å². The average molecular weight is 389 g/mol. The summed E-state index contributed by atoms with van der Waals surface area (Å²) in [4.78, 5) is 28.3. The second kappa shape index (κ2) is 9.89. The number of nitrogens with zero attached hydrogens (tertiary/aromatic N) is 2. The molecule has 2 aliphatic heterocycles. The van der Waals surface area contributed by atoms with E-state index in [1.807, 2.05) is 36.1 Å². The summed E-state index contributed by atoms with van der Waals surface area (Å²) >= 11 is 0. The molecule has 0 spiro atoms. The molecule has 0 aromatic heterocycles. The van der Waals surface area contributed by atoms with Crippen LogP contribution in [-0.2, 0) is 9.53 Å². The van der Waals surface area contributed by atoms with Gasteiger partial charge in [0.05, 0.1) is 6.10 Å². The molecule has 154 valence electrons. The zero-order chi connectivity index (χ0) is 19.9. The summed E-state index contributed by atoms with van der Waals surface area (Å²) in [6.07, 6.45) is 4.76. The van der Waals surface area contributed by atoms with Crippen LogP contribution in [0, 0.1) is 0 Å². The Bertz CT molecular complexity index is 673. The molecule has 1 atom stereocenters. The Morgan fingerprint density at radius 1 is 1.25 bits per heavy atom. The summed E-state index contributed by atoms with van der Waals surface area (Å²) in [5.41, 5.74) is 1.52. The third-order valence-corrected chi connectivity index (χ3v) is 5.49. The van der Waals surface area contributed by atoms with Gasteiger partial charge in [0.2, 0.25) is 5.91 Å². The van der Waals surface area contributed by atoms with E-state index in [0.29, 0.717) is 31.4 Å². The normalized spacial score (nSPS) is 21.1. The monoisotopic (exact) mass is 388 g/mol. The Morgan fingerprint density at radius 2 is 2.04 bits per heavy atom. The topological polar surface area (TPSA) is 73.9 Å². The van der Waals surface area contributed by atoms with Gasteiger partial charge in [-0.2, -0.15) is 0 Å².